The zero-order chi connectivity index (χ0) is 16.4. The molecule has 7 nitrogen and oxygen atoms in total. The fourth-order valence-electron chi connectivity index (χ4n) is 2.34. The van der Waals surface area contributed by atoms with Gasteiger partial charge >= 0.3 is 0 Å². The maximum Gasteiger partial charge on any atom is 0.292 e. The van der Waals surface area contributed by atoms with Gasteiger partial charge in [-0.05, 0) is 17.5 Å². The highest BCUT2D eigenvalue weighted by Crippen LogP contribution is 2.26. The van der Waals surface area contributed by atoms with Gasteiger partial charge in [0, 0.05) is 19.2 Å². The van der Waals surface area contributed by atoms with Gasteiger partial charge in [0.1, 0.15) is 5.69 Å². The molecule has 3 rings (SSSR count). The number of hydrogen-bond donors (Lipinski definition) is 1. The van der Waals surface area contributed by atoms with E-state index < -0.39 is 4.92 Å². The topological polar surface area (TPSA) is 92.5 Å². The molecule has 1 aromatic carbocycles. The number of likely N-dealkylation sites (tertiary alicyclic amines) is 1. The molecule has 0 atom stereocenters. The van der Waals surface area contributed by atoms with Gasteiger partial charge in [0.25, 0.3) is 11.6 Å². The quantitative estimate of drug-likeness (QED) is 0.687. The van der Waals surface area contributed by atoms with Crippen LogP contribution in [0.15, 0.2) is 41.8 Å². The molecule has 1 aromatic heterocycles. The highest BCUT2D eigenvalue weighted by molar-refractivity contribution is 7.12. The van der Waals surface area contributed by atoms with E-state index in [1.54, 1.807) is 29.2 Å². The molecule has 0 saturated carbocycles. The van der Waals surface area contributed by atoms with Crippen LogP contribution in [0.5, 0.6) is 0 Å². The van der Waals surface area contributed by atoms with Crippen molar-refractivity contribution in [2.45, 2.75) is 0 Å². The van der Waals surface area contributed by atoms with E-state index in [9.17, 15) is 19.7 Å². The van der Waals surface area contributed by atoms with Gasteiger partial charge in [-0.25, -0.2) is 0 Å². The molecule has 2 amide bonds. The number of nitro groups is 1. The Bertz CT molecular complexity index is 754. The third-order valence-electron chi connectivity index (χ3n) is 3.63. The van der Waals surface area contributed by atoms with Crippen LogP contribution in [0.1, 0.15) is 9.67 Å². The first-order valence-corrected chi connectivity index (χ1v) is 7.81. The van der Waals surface area contributed by atoms with Gasteiger partial charge in [-0.1, -0.05) is 18.2 Å². The third kappa shape index (κ3) is 3.07. The summed E-state index contributed by atoms with van der Waals surface area (Å²) in [6.07, 6.45) is 0. The zero-order valence-electron chi connectivity index (χ0n) is 12.0. The average molecular weight is 331 g/mol. The standard InChI is InChI=1S/C15H13N3O4S/c19-14(16-11-4-1-2-5-12(11)18(21)22)10-8-17(9-10)15(20)13-6-3-7-23-13/h1-7,10H,8-9H2,(H,16,19). The predicted molar refractivity (Wildman–Crippen MR) is 85.4 cm³/mol. The van der Waals surface area contributed by atoms with E-state index in [0.29, 0.717) is 18.0 Å². The minimum Gasteiger partial charge on any atom is -0.336 e. The van der Waals surface area contributed by atoms with Crippen molar-refractivity contribution >= 4 is 34.5 Å². The van der Waals surface area contributed by atoms with Gasteiger partial charge in [0.15, 0.2) is 0 Å². The average Bonchev–Trinajstić information content (AvgIpc) is 3.00. The largest absolute Gasteiger partial charge is 0.336 e. The second kappa shape index (κ2) is 6.17. The first-order valence-electron chi connectivity index (χ1n) is 6.93. The van der Waals surface area contributed by atoms with Crippen molar-refractivity contribution in [2.75, 3.05) is 18.4 Å². The van der Waals surface area contributed by atoms with Crippen molar-refractivity contribution < 1.29 is 14.5 Å². The lowest BCUT2D eigenvalue weighted by Crippen LogP contribution is -2.54. The van der Waals surface area contributed by atoms with E-state index in [2.05, 4.69) is 5.32 Å². The van der Waals surface area contributed by atoms with Gasteiger partial charge in [0.05, 0.1) is 15.7 Å². The number of thiophene rings is 1. The van der Waals surface area contributed by atoms with Crippen LogP contribution >= 0.6 is 11.3 Å². The number of amides is 2. The number of rotatable bonds is 4. The molecule has 0 radical (unpaired) electrons. The lowest BCUT2D eigenvalue weighted by Gasteiger charge is -2.37. The van der Waals surface area contributed by atoms with Crippen LogP contribution in [-0.4, -0.2) is 34.7 Å². The number of nitrogens with one attached hydrogen (secondary N) is 1. The Morgan fingerprint density at radius 3 is 2.61 bits per heavy atom. The molecule has 1 aliphatic rings. The molecule has 118 valence electrons. The number of nitrogens with zero attached hydrogens (tertiary/aromatic N) is 2. The smallest absolute Gasteiger partial charge is 0.292 e. The highest BCUT2D eigenvalue weighted by atomic mass is 32.1. The van der Waals surface area contributed by atoms with E-state index in [4.69, 9.17) is 0 Å². The molecule has 23 heavy (non-hydrogen) atoms. The van der Waals surface area contributed by atoms with Crippen molar-refractivity contribution in [2.24, 2.45) is 5.92 Å². The molecule has 0 unspecified atom stereocenters. The van der Waals surface area contributed by atoms with Crippen molar-refractivity contribution in [1.82, 2.24) is 4.90 Å². The summed E-state index contributed by atoms with van der Waals surface area (Å²) in [7, 11) is 0. The number of nitro benzene ring substituents is 1. The minimum absolute atomic E-state index is 0.0882. The number of carbonyl (C=O) groups is 2. The van der Waals surface area contributed by atoms with Crippen LogP contribution in [0, 0.1) is 16.0 Å². The van der Waals surface area contributed by atoms with Crippen LogP contribution in [-0.2, 0) is 4.79 Å². The normalized spacial score (nSPS) is 14.2. The Morgan fingerprint density at radius 2 is 1.96 bits per heavy atom. The zero-order valence-corrected chi connectivity index (χ0v) is 12.8. The second-order valence-corrected chi connectivity index (χ2v) is 6.10. The lowest BCUT2D eigenvalue weighted by atomic mass is 9.98. The van der Waals surface area contributed by atoms with Crippen molar-refractivity contribution in [1.29, 1.82) is 0 Å². The molecule has 8 heteroatoms. The molecule has 2 aromatic rings. The van der Waals surface area contributed by atoms with E-state index in [0.717, 1.165) is 0 Å². The Morgan fingerprint density at radius 1 is 1.22 bits per heavy atom. The lowest BCUT2D eigenvalue weighted by molar-refractivity contribution is -0.383. The van der Waals surface area contributed by atoms with Gasteiger partial charge < -0.3 is 10.2 Å². The SMILES string of the molecule is O=C(Nc1ccccc1[N+](=O)[O-])C1CN(C(=O)c2cccs2)C1. The van der Waals surface area contributed by atoms with E-state index in [-0.39, 0.29) is 29.1 Å². The maximum absolute atomic E-state index is 12.2. The Balaban J connectivity index is 1.59. The summed E-state index contributed by atoms with van der Waals surface area (Å²) >= 11 is 1.36. The second-order valence-electron chi connectivity index (χ2n) is 5.15. The van der Waals surface area contributed by atoms with Crippen molar-refractivity contribution in [3.8, 4) is 0 Å². The number of hydrogen-bond acceptors (Lipinski definition) is 5. The molecular weight excluding hydrogens is 318 g/mol. The summed E-state index contributed by atoms with van der Waals surface area (Å²) in [4.78, 5) is 36.9. The van der Waals surface area contributed by atoms with Crippen LogP contribution in [0.2, 0.25) is 0 Å². The van der Waals surface area contributed by atoms with Gasteiger partial charge in [-0.15, -0.1) is 11.3 Å². The fourth-order valence-corrected chi connectivity index (χ4v) is 3.03. The maximum atomic E-state index is 12.2. The van der Waals surface area contributed by atoms with Crippen LogP contribution in [0.25, 0.3) is 0 Å². The summed E-state index contributed by atoms with van der Waals surface area (Å²) in [5.74, 6) is -0.747. The highest BCUT2D eigenvalue weighted by Gasteiger charge is 2.36. The summed E-state index contributed by atoms with van der Waals surface area (Å²) < 4.78 is 0. The Labute approximate surface area is 135 Å². The predicted octanol–water partition coefficient (Wildman–Crippen LogP) is 2.37. The fraction of sp³-hybridized carbons (Fsp3) is 0.200. The molecule has 1 aliphatic heterocycles. The molecule has 1 saturated heterocycles. The first kappa shape index (κ1) is 15.2. The molecule has 1 N–H and O–H groups in total. The summed E-state index contributed by atoms with van der Waals surface area (Å²) in [5, 5.41) is 15.3. The van der Waals surface area contributed by atoms with E-state index in [1.807, 2.05) is 5.38 Å². The summed E-state index contributed by atoms with van der Waals surface area (Å²) in [5.41, 5.74) is 0.0252. The number of benzene rings is 1. The third-order valence-corrected chi connectivity index (χ3v) is 4.49. The van der Waals surface area contributed by atoms with Gasteiger partial charge in [0.2, 0.25) is 5.91 Å². The van der Waals surface area contributed by atoms with Crippen molar-refractivity contribution in [3.63, 3.8) is 0 Å². The molecule has 0 aliphatic carbocycles. The van der Waals surface area contributed by atoms with E-state index >= 15 is 0 Å². The molecule has 1 fully saturated rings. The van der Waals surface area contributed by atoms with Gasteiger partial charge in [-0.3, -0.25) is 19.7 Å². The van der Waals surface area contributed by atoms with Crippen molar-refractivity contribution in [3.05, 3.63) is 56.8 Å². The van der Waals surface area contributed by atoms with Crippen LogP contribution < -0.4 is 5.32 Å². The summed E-state index contributed by atoms with van der Waals surface area (Å²) in [6, 6.07) is 9.53. The van der Waals surface area contributed by atoms with Crippen LogP contribution in [0.4, 0.5) is 11.4 Å². The number of carbonyl (C=O) groups excluding carboxylic acids is 2. The van der Waals surface area contributed by atoms with Gasteiger partial charge in [-0.2, -0.15) is 0 Å². The van der Waals surface area contributed by atoms with Crippen LogP contribution in [0.3, 0.4) is 0 Å². The Hall–Kier alpha value is -2.74. The summed E-state index contributed by atoms with van der Waals surface area (Å²) in [6.45, 7) is 0.645. The van der Waals surface area contributed by atoms with E-state index in [1.165, 1.54) is 23.5 Å². The Kier molecular flexibility index (Phi) is 4.07. The number of para-hydroxylation sites is 2. The molecule has 0 bridgehead atoms. The molecule has 0 spiro atoms. The minimum atomic E-state index is -0.539. The first-order chi connectivity index (χ1) is 11.1. The molecule has 2 heterocycles. The monoisotopic (exact) mass is 331 g/mol. The number of anilines is 1. The molecular formula is C15H13N3O4S.